The third-order valence-corrected chi connectivity index (χ3v) is 5.16. The molecule has 0 saturated heterocycles. The molecule has 1 aliphatic carbocycles. The number of halogens is 1. The number of fused-ring (bicyclic) bond motifs is 1. The largest absolute Gasteiger partial charge is 0.482 e. The number of allylic oxidation sites excluding steroid dienone is 2. The second-order valence-electron chi connectivity index (χ2n) is 6.79. The van der Waals surface area contributed by atoms with Gasteiger partial charge in [0.05, 0.1) is 10.9 Å². The summed E-state index contributed by atoms with van der Waals surface area (Å²) in [6.45, 7) is 3.46. The first-order valence-electron chi connectivity index (χ1n) is 8.37. The normalized spacial score (nSPS) is 20.7. The maximum Gasteiger partial charge on any atom is 0.229 e. The van der Waals surface area contributed by atoms with Gasteiger partial charge in [0.2, 0.25) is 5.78 Å². The Morgan fingerprint density at radius 3 is 2.44 bits per heavy atom. The number of alkyl halides is 1. The van der Waals surface area contributed by atoms with Crippen LogP contribution in [0.4, 0.5) is 0 Å². The first-order valence-corrected chi connectivity index (χ1v) is 8.81. The lowest BCUT2D eigenvalue weighted by molar-refractivity contribution is 0.0131. The summed E-state index contributed by atoms with van der Waals surface area (Å²) in [7, 11) is 2.94. The maximum absolute atomic E-state index is 13.1. The van der Waals surface area contributed by atoms with E-state index in [1.165, 1.54) is 26.4 Å². The third-order valence-electron chi connectivity index (χ3n) is 4.48. The average Bonchev–Trinajstić information content (AvgIpc) is 2.63. The number of carbonyl (C=O) groups excluding carboxylic acids is 2. The Labute approximate surface area is 162 Å². The van der Waals surface area contributed by atoms with Gasteiger partial charge in [0.15, 0.2) is 25.1 Å². The van der Waals surface area contributed by atoms with Crippen molar-refractivity contribution in [3.63, 3.8) is 0 Å². The van der Waals surface area contributed by atoms with E-state index in [0.717, 1.165) is 0 Å². The second-order valence-corrected chi connectivity index (χ2v) is 7.32. The molecule has 0 spiro atoms. The van der Waals surface area contributed by atoms with Gasteiger partial charge in [-0.1, -0.05) is 0 Å². The van der Waals surface area contributed by atoms with E-state index in [4.69, 9.17) is 35.3 Å². The van der Waals surface area contributed by atoms with E-state index >= 15 is 0 Å². The minimum Gasteiger partial charge on any atom is -0.482 e. The summed E-state index contributed by atoms with van der Waals surface area (Å²) >= 11 is 6.37. The van der Waals surface area contributed by atoms with Crippen molar-refractivity contribution >= 4 is 23.2 Å². The Balaban J connectivity index is 2.10. The van der Waals surface area contributed by atoms with Crippen LogP contribution in [-0.2, 0) is 14.2 Å². The van der Waals surface area contributed by atoms with Crippen molar-refractivity contribution in [2.24, 2.45) is 0 Å². The van der Waals surface area contributed by atoms with Crippen LogP contribution in [0.15, 0.2) is 23.5 Å². The van der Waals surface area contributed by atoms with Gasteiger partial charge in [0, 0.05) is 37.8 Å². The number of ether oxygens (including phenoxy) is 5. The highest BCUT2D eigenvalue weighted by atomic mass is 35.5. The van der Waals surface area contributed by atoms with Crippen molar-refractivity contribution in [2.45, 2.75) is 31.2 Å². The van der Waals surface area contributed by atoms with Gasteiger partial charge in [-0.05, 0) is 19.9 Å². The van der Waals surface area contributed by atoms with Crippen LogP contribution in [0.5, 0.6) is 11.5 Å². The van der Waals surface area contributed by atoms with E-state index in [-0.39, 0.29) is 54.0 Å². The summed E-state index contributed by atoms with van der Waals surface area (Å²) < 4.78 is 26.6. The van der Waals surface area contributed by atoms with Crippen LogP contribution < -0.4 is 9.47 Å². The van der Waals surface area contributed by atoms with Gasteiger partial charge in [0.1, 0.15) is 17.1 Å². The molecular weight excluding hydrogens is 376 g/mol. The molecule has 0 amide bonds. The van der Waals surface area contributed by atoms with Gasteiger partial charge >= 0.3 is 0 Å². The summed E-state index contributed by atoms with van der Waals surface area (Å²) in [5.41, 5.74) is -0.192. The average molecular weight is 397 g/mol. The second kappa shape index (κ2) is 7.50. The van der Waals surface area contributed by atoms with E-state index in [0.29, 0.717) is 5.75 Å². The van der Waals surface area contributed by atoms with Crippen molar-refractivity contribution in [3.05, 3.63) is 34.6 Å². The zero-order valence-corrected chi connectivity index (χ0v) is 16.3. The minimum absolute atomic E-state index is 0.0178. The Bertz CT molecular complexity index is 813. The monoisotopic (exact) mass is 396 g/mol. The van der Waals surface area contributed by atoms with Crippen molar-refractivity contribution in [2.75, 3.05) is 27.8 Å². The molecule has 1 heterocycles. The molecule has 1 atom stereocenters. The zero-order valence-electron chi connectivity index (χ0n) is 15.6. The highest BCUT2D eigenvalue weighted by molar-refractivity contribution is 6.29. The van der Waals surface area contributed by atoms with Crippen molar-refractivity contribution in [1.82, 2.24) is 0 Å². The molecule has 0 unspecified atom stereocenters. The van der Waals surface area contributed by atoms with Gasteiger partial charge in [-0.15, -0.1) is 11.6 Å². The first-order chi connectivity index (χ1) is 12.8. The highest BCUT2D eigenvalue weighted by Gasteiger charge is 2.45. The number of carbonyl (C=O) groups is 2. The van der Waals surface area contributed by atoms with Crippen LogP contribution in [0.1, 0.15) is 41.0 Å². The molecule has 7 nitrogen and oxygen atoms in total. The number of methoxy groups -OCH3 is 2. The van der Waals surface area contributed by atoms with Crippen LogP contribution >= 0.6 is 11.6 Å². The predicted octanol–water partition coefficient (Wildman–Crippen LogP) is 3.09. The van der Waals surface area contributed by atoms with E-state index < -0.39 is 16.8 Å². The Kier molecular flexibility index (Phi) is 5.46. The van der Waals surface area contributed by atoms with Gasteiger partial charge < -0.3 is 23.7 Å². The van der Waals surface area contributed by atoms with Crippen molar-refractivity contribution in [3.8, 4) is 11.5 Å². The molecule has 146 valence electrons. The van der Waals surface area contributed by atoms with E-state index in [2.05, 4.69) is 0 Å². The van der Waals surface area contributed by atoms with E-state index in [1.807, 2.05) is 0 Å². The lowest BCUT2D eigenvalue weighted by atomic mass is 9.81. The van der Waals surface area contributed by atoms with Crippen molar-refractivity contribution < 1.29 is 33.3 Å². The SMILES string of the molecule is COCOc1cc(OCOC)c2c(c1)C(=O)C1=C(C[C@@H](Cl)C(C)(C)O1)C2=O. The molecule has 3 rings (SSSR count). The van der Waals surface area contributed by atoms with Gasteiger partial charge in [0.25, 0.3) is 0 Å². The molecule has 0 aromatic heterocycles. The number of benzene rings is 1. The standard InChI is InChI=1S/C19H21ClO7/c1-19(2)14(20)7-12-16(21)15-11(17(22)18(12)27-19)5-10(25-8-23-3)6-13(15)26-9-24-4/h5-6,14H,7-9H2,1-4H3/t14-/m1/s1. The van der Waals surface area contributed by atoms with Crippen LogP contribution in [0.2, 0.25) is 0 Å². The quantitative estimate of drug-likeness (QED) is 0.540. The summed E-state index contributed by atoms with van der Waals surface area (Å²) in [5.74, 6) is -0.180. The van der Waals surface area contributed by atoms with Crippen LogP contribution in [0.3, 0.4) is 0 Å². The molecule has 0 saturated carbocycles. The number of Topliss-reactive ketones (excluding diaryl/α,β-unsaturated/α-hetero) is 2. The molecule has 2 aliphatic rings. The smallest absolute Gasteiger partial charge is 0.229 e. The molecule has 1 aromatic carbocycles. The molecule has 0 N–H and O–H groups in total. The predicted molar refractivity (Wildman–Crippen MR) is 96.6 cm³/mol. The topological polar surface area (TPSA) is 80.3 Å². The van der Waals surface area contributed by atoms with Gasteiger partial charge in [-0.25, -0.2) is 0 Å². The zero-order chi connectivity index (χ0) is 19.8. The van der Waals surface area contributed by atoms with Gasteiger partial charge in [-0.2, -0.15) is 0 Å². The molecule has 1 aromatic rings. The summed E-state index contributed by atoms with van der Waals surface area (Å²) in [5, 5.41) is -0.442. The van der Waals surface area contributed by atoms with E-state index in [1.54, 1.807) is 13.8 Å². The summed E-state index contributed by atoms with van der Waals surface area (Å²) in [6.07, 6.45) is 0.236. The fraction of sp³-hybridized carbons (Fsp3) is 0.474. The first kappa shape index (κ1) is 19.7. The molecule has 27 heavy (non-hydrogen) atoms. The van der Waals surface area contributed by atoms with Crippen LogP contribution in [-0.4, -0.2) is 50.4 Å². The highest BCUT2D eigenvalue weighted by Crippen LogP contribution is 2.43. The van der Waals surface area contributed by atoms with E-state index in [9.17, 15) is 9.59 Å². The number of rotatable bonds is 6. The van der Waals surface area contributed by atoms with Crippen molar-refractivity contribution in [1.29, 1.82) is 0 Å². The summed E-state index contributed by atoms with van der Waals surface area (Å²) in [6, 6.07) is 3.01. The fourth-order valence-electron chi connectivity index (χ4n) is 3.01. The molecule has 1 aliphatic heterocycles. The Morgan fingerprint density at radius 2 is 1.78 bits per heavy atom. The van der Waals surface area contributed by atoms with Crippen LogP contribution in [0.25, 0.3) is 0 Å². The number of ketones is 2. The lowest BCUT2D eigenvalue weighted by Gasteiger charge is -2.39. The maximum atomic E-state index is 13.1. The summed E-state index contributed by atoms with van der Waals surface area (Å²) in [4.78, 5) is 26.2. The molecule has 8 heteroatoms. The Hall–Kier alpha value is -2.09. The Morgan fingerprint density at radius 1 is 1.11 bits per heavy atom. The molecule has 0 fully saturated rings. The lowest BCUT2D eigenvalue weighted by Crippen LogP contribution is -2.43. The molecular formula is C19H21ClO7. The third kappa shape index (κ3) is 3.54. The fourth-order valence-corrected chi connectivity index (χ4v) is 3.21. The molecule has 0 radical (unpaired) electrons. The molecule has 0 bridgehead atoms. The number of hydrogen-bond donors (Lipinski definition) is 0. The van der Waals surface area contributed by atoms with Crippen LogP contribution in [0, 0.1) is 0 Å². The number of hydrogen-bond acceptors (Lipinski definition) is 7. The van der Waals surface area contributed by atoms with Gasteiger partial charge in [-0.3, -0.25) is 9.59 Å². The minimum atomic E-state index is -0.770.